The number of carbonyl (C=O) groups is 2. The topological polar surface area (TPSA) is 75.6 Å². The van der Waals surface area contributed by atoms with Gasteiger partial charge in [0.2, 0.25) is 11.7 Å². The standard InChI is InChI=1S/C19H15NO4/c1-12-6-5-7-13(10-12)11-15-17(21)16(19(22)23)18(24-15)20-14-8-3-2-4-9-14/h2-11,20H,1H3,(H,22,23)/b15-11-. The Kier molecular flexibility index (Phi) is 4.16. The van der Waals surface area contributed by atoms with Gasteiger partial charge in [-0.15, -0.1) is 0 Å². The SMILES string of the molecule is Cc1cccc(/C=C2\OC(Nc3ccccc3)=C(C(=O)O)C2=O)c1. The molecule has 24 heavy (non-hydrogen) atoms. The maximum atomic E-state index is 12.4. The zero-order valence-corrected chi connectivity index (χ0v) is 12.9. The predicted octanol–water partition coefficient (Wildman–Crippen LogP) is 3.34. The van der Waals surface area contributed by atoms with E-state index in [1.165, 1.54) is 6.08 Å². The van der Waals surface area contributed by atoms with Gasteiger partial charge in [0.25, 0.3) is 0 Å². The summed E-state index contributed by atoms with van der Waals surface area (Å²) < 4.78 is 5.49. The first kappa shape index (κ1) is 15.6. The van der Waals surface area contributed by atoms with Crippen molar-refractivity contribution in [2.75, 3.05) is 5.32 Å². The fourth-order valence-electron chi connectivity index (χ4n) is 2.37. The van der Waals surface area contributed by atoms with Crippen LogP contribution >= 0.6 is 0 Å². The minimum absolute atomic E-state index is 0.0172. The van der Waals surface area contributed by atoms with Crippen LogP contribution in [-0.4, -0.2) is 16.9 Å². The van der Waals surface area contributed by atoms with Crippen LogP contribution in [0, 0.1) is 6.92 Å². The van der Waals surface area contributed by atoms with Crippen molar-refractivity contribution in [1.29, 1.82) is 0 Å². The maximum absolute atomic E-state index is 12.4. The summed E-state index contributed by atoms with van der Waals surface area (Å²) in [6.45, 7) is 1.93. The van der Waals surface area contributed by atoms with E-state index in [2.05, 4.69) is 5.32 Å². The normalized spacial score (nSPS) is 15.5. The molecule has 0 amide bonds. The smallest absolute Gasteiger partial charge is 0.345 e. The van der Waals surface area contributed by atoms with Gasteiger partial charge in [0, 0.05) is 5.69 Å². The van der Waals surface area contributed by atoms with Gasteiger partial charge in [0.15, 0.2) is 11.3 Å². The molecule has 0 aromatic heterocycles. The van der Waals surface area contributed by atoms with Crippen LogP contribution in [0.2, 0.25) is 0 Å². The fraction of sp³-hybridized carbons (Fsp3) is 0.0526. The Hall–Kier alpha value is -3.34. The second kappa shape index (κ2) is 6.42. The number of para-hydroxylation sites is 1. The number of nitrogens with one attached hydrogen (secondary N) is 1. The molecule has 1 heterocycles. The van der Waals surface area contributed by atoms with Gasteiger partial charge in [-0.2, -0.15) is 0 Å². The molecule has 0 aliphatic carbocycles. The number of ether oxygens (including phenoxy) is 1. The van der Waals surface area contributed by atoms with Gasteiger partial charge in [0.1, 0.15) is 0 Å². The highest BCUT2D eigenvalue weighted by molar-refractivity contribution is 6.26. The second-order valence-electron chi connectivity index (χ2n) is 5.35. The molecule has 0 radical (unpaired) electrons. The Bertz CT molecular complexity index is 866. The number of rotatable bonds is 4. The van der Waals surface area contributed by atoms with Crippen molar-refractivity contribution in [3.8, 4) is 0 Å². The molecule has 0 fully saturated rings. The van der Waals surface area contributed by atoms with E-state index >= 15 is 0 Å². The number of hydrogen-bond donors (Lipinski definition) is 2. The van der Waals surface area contributed by atoms with Crippen LogP contribution in [0.5, 0.6) is 0 Å². The lowest BCUT2D eigenvalue weighted by Gasteiger charge is -2.07. The van der Waals surface area contributed by atoms with Gasteiger partial charge in [-0.1, -0.05) is 48.0 Å². The monoisotopic (exact) mass is 321 g/mol. The van der Waals surface area contributed by atoms with Crippen molar-refractivity contribution < 1.29 is 19.4 Å². The number of carboxylic acids is 1. The summed E-state index contributed by atoms with van der Waals surface area (Å²) in [4.78, 5) is 23.8. The third-order valence-electron chi connectivity index (χ3n) is 3.48. The van der Waals surface area contributed by atoms with Crippen molar-refractivity contribution in [2.24, 2.45) is 0 Å². The van der Waals surface area contributed by atoms with E-state index in [4.69, 9.17) is 4.74 Å². The minimum Gasteiger partial charge on any atom is -0.477 e. The van der Waals surface area contributed by atoms with E-state index in [1.54, 1.807) is 24.3 Å². The molecule has 2 aromatic carbocycles. The first-order valence-corrected chi connectivity index (χ1v) is 7.35. The Labute approximate surface area is 138 Å². The lowest BCUT2D eigenvalue weighted by Crippen LogP contribution is -2.12. The van der Waals surface area contributed by atoms with Crippen LogP contribution in [0.15, 0.2) is 71.8 Å². The quantitative estimate of drug-likeness (QED) is 0.667. The average Bonchev–Trinajstić information content (AvgIpc) is 2.84. The van der Waals surface area contributed by atoms with Gasteiger partial charge in [0.05, 0.1) is 0 Å². The number of aliphatic carboxylic acids is 1. The summed E-state index contributed by atoms with van der Waals surface area (Å²) in [5, 5.41) is 12.2. The zero-order valence-electron chi connectivity index (χ0n) is 12.9. The molecule has 2 N–H and O–H groups in total. The van der Waals surface area contributed by atoms with Crippen LogP contribution in [0.1, 0.15) is 11.1 Å². The Balaban J connectivity index is 1.93. The van der Waals surface area contributed by atoms with Crippen molar-refractivity contribution in [3.05, 3.63) is 82.9 Å². The van der Waals surface area contributed by atoms with Crippen LogP contribution in [0.3, 0.4) is 0 Å². The molecule has 3 rings (SSSR count). The Morgan fingerprint density at radius 2 is 1.88 bits per heavy atom. The maximum Gasteiger partial charge on any atom is 0.345 e. The van der Waals surface area contributed by atoms with E-state index in [0.717, 1.165) is 11.1 Å². The van der Waals surface area contributed by atoms with E-state index in [1.807, 2.05) is 37.3 Å². The van der Waals surface area contributed by atoms with Crippen molar-refractivity contribution >= 4 is 23.5 Å². The van der Waals surface area contributed by atoms with Crippen LogP contribution < -0.4 is 5.32 Å². The second-order valence-corrected chi connectivity index (χ2v) is 5.35. The highest BCUT2D eigenvalue weighted by Crippen LogP contribution is 2.28. The van der Waals surface area contributed by atoms with Gasteiger partial charge in [-0.3, -0.25) is 4.79 Å². The summed E-state index contributed by atoms with van der Waals surface area (Å²) in [6.07, 6.45) is 1.54. The van der Waals surface area contributed by atoms with E-state index in [0.29, 0.717) is 5.69 Å². The number of Topliss-reactive ketones (excluding diaryl/α,β-unsaturated/α-hetero) is 1. The Morgan fingerprint density at radius 3 is 2.54 bits per heavy atom. The highest BCUT2D eigenvalue weighted by Gasteiger charge is 2.35. The number of anilines is 1. The van der Waals surface area contributed by atoms with Gasteiger partial charge in [-0.05, 0) is 30.7 Å². The van der Waals surface area contributed by atoms with E-state index in [9.17, 15) is 14.7 Å². The van der Waals surface area contributed by atoms with Gasteiger partial charge in [-0.25, -0.2) is 4.79 Å². The molecule has 0 bridgehead atoms. The number of benzene rings is 2. The number of carbonyl (C=O) groups excluding carboxylic acids is 1. The van der Waals surface area contributed by atoms with E-state index < -0.39 is 17.3 Å². The first-order chi connectivity index (χ1) is 11.5. The zero-order chi connectivity index (χ0) is 17.1. The van der Waals surface area contributed by atoms with Gasteiger partial charge < -0.3 is 15.2 Å². The molecule has 120 valence electrons. The fourth-order valence-corrected chi connectivity index (χ4v) is 2.37. The largest absolute Gasteiger partial charge is 0.477 e. The summed E-state index contributed by atoms with van der Waals surface area (Å²) in [7, 11) is 0. The molecular weight excluding hydrogens is 306 g/mol. The molecule has 0 saturated carbocycles. The third-order valence-corrected chi connectivity index (χ3v) is 3.48. The van der Waals surface area contributed by atoms with Crippen LogP contribution in [-0.2, 0) is 14.3 Å². The summed E-state index contributed by atoms with van der Waals surface area (Å²) in [5.74, 6) is -2.07. The molecule has 1 aliphatic rings. The van der Waals surface area contributed by atoms with Crippen LogP contribution in [0.4, 0.5) is 5.69 Å². The number of ketones is 1. The highest BCUT2D eigenvalue weighted by atomic mass is 16.5. The Morgan fingerprint density at radius 1 is 1.12 bits per heavy atom. The number of carboxylic acid groups (broad SMARTS) is 1. The lowest BCUT2D eigenvalue weighted by atomic mass is 10.1. The van der Waals surface area contributed by atoms with E-state index in [-0.39, 0.29) is 11.6 Å². The summed E-state index contributed by atoms with van der Waals surface area (Å²) in [6, 6.07) is 16.4. The lowest BCUT2D eigenvalue weighted by molar-refractivity contribution is -0.134. The summed E-state index contributed by atoms with van der Waals surface area (Å²) in [5.41, 5.74) is 2.03. The molecule has 5 nitrogen and oxygen atoms in total. The van der Waals surface area contributed by atoms with Crippen molar-refractivity contribution in [3.63, 3.8) is 0 Å². The summed E-state index contributed by atoms with van der Waals surface area (Å²) >= 11 is 0. The number of hydrogen-bond acceptors (Lipinski definition) is 4. The molecule has 0 atom stereocenters. The molecule has 0 saturated heterocycles. The molecule has 0 unspecified atom stereocenters. The van der Waals surface area contributed by atoms with Crippen molar-refractivity contribution in [1.82, 2.24) is 0 Å². The molecule has 2 aromatic rings. The molecule has 5 heteroatoms. The number of aryl methyl sites for hydroxylation is 1. The first-order valence-electron chi connectivity index (χ1n) is 7.35. The molecular formula is C19H15NO4. The third kappa shape index (κ3) is 3.20. The predicted molar refractivity (Wildman–Crippen MR) is 90.0 cm³/mol. The van der Waals surface area contributed by atoms with Crippen LogP contribution in [0.25, 0.3) is 6.08 Å². The molecule has 1 aliphatic heterocycles. The number of allylic oxidation sites excluding steroid dienone is 1. The molecule has 0 spiro atoms. The minimum atomic E-state index is -1.33. The van der Waals surface area contributed by atoms with Crippen molar-refractivity contribution in [2.45, 2.75) is 6.92 Å². The van der Waals surface area contributed by atoms with Gasteiger partial charge >= 0.3 is 5.97 Å². The average molecular weight is 321 g/mol.